The van der Waals surface area contributed by atoms with Crippen LogP contribution in [0.1, 0.15) is 12.5 Å². The fourth-order valence-electron chi connectivity index (χ4n) is 3.99. The van der Waals surface area contributed by atoms with Gasteiger partial charge in [-0.05, 0) is 23.8 Å². The number of hydrogen-bond donors (Lipinski definition) is 0. The van der Waals surface area contributed by atoms with Crippen molar-refractivity contribution in [1.29, 1.82) is 0 Å². The summed E-state index contributed by atoms with van der Waals surface area (Å²) >= 11 is 0. The molecule has 0 spiro atoms. The van der Waals surface area contributed by atoms with E-state index >= 15 is 0 Å². The summed E-state index contributed by atoms with van der Waals surface area (Å²) in [6, 6.07) is 12.4. The third-order valence-electron chi connectivity index (χ3n) is 5.74. The molecule has 1 aromatic heterocycles. The minimum absolute atomic E-state index is 0.00660. The van der Waals surface area contributed by atoms with Crippen LogP contribution in [-0.4, -0.2) is 60.8 Å². The Morgan fingerprint density at radius 1 is 0.938 bits per heavy atom. The molecule has 0 N–H and O–H groups in total. The van der Waals surface area contributed by atoms with Gasteiger partial charge in [-0.15, -0.1) is 0 Å². The van der Waals surface area contributed by atoms with Gasteiger partial charge in [0, 0.05) is 50.2 Å². The number of carbonyl (C=O) groups excluding carboxylic acids is 2. The molecular weight excluding hydrogens is 433 g/mol. The molecule has 7 nitrogen and oxygen atoms in total. The number of para-hydroxylation sites is 1. The van der Waals surface area contributed by atoms with E-state index in [0.717, 1.165) is 0 Å². The topological polar surface area (TPSA) is 79.7 Å². The number of benzene rings is 2. The highest BCUT2D eigenvalue weighted by atomic mass is 32.2. The summed E-state index contributed by atoms with van der Waals surface area (Å²) in [5.74, 6) is -0.825. The molecule has 2 heterocycles. The standard InChI is InChI=1S/C23H24FN3O4S/c1-17(28)25-10-12-26(13-11-25)23(29)15-27-14-22(20-4-2-3-5-21(20)27)32(30,31)16-18-6-8-19(24)9-7-18/h2-9,14H,10-13,15-16H2,1H3. The van der Waals surface area contributed by atoms with Crippen molar-refractivity contribution in [2.75, 3.05) is 26.2 Å². The second-order valence-electron chi connectivity index (χ2n) is 7.91. The number of amides is 2. The second kappa shape index (κ2) is 8.74. The zero-order valence-corrected chi connectivity index (χ0v) is 18.5. The predicted molar refractivity (Wildman–Crippen MR) is 118 cm³/mol. The zero-order chi connectivity index (χ0) is 22.9. The molecular formula is C23H24FN3O4S. The number of sulfone groups is 1. The minimum Gasteiger partial charge on any atom is -0.339 e. The third kappa shape index (κ3) is 4.52. The monoisotopic (exact) mass is 457 g/mol. The maximum atomic E-state index is 13.2. The fourth-order valence-corrected chi connectivity index (χ4v) is 5.57. The van der Waals surface area contributed by atoms with Crippen LogP contribution in [0.5, 0.6) is 0 Å². The third-order valence-corrected chi connectivity index (χ3v) is 7.45. The van der Waals surface area contributed by atoms with Crippen LogP contribution in [0, 0.1) is 5.82 Å². The molecule has 1 aliphatic rings. The molecule has 4 rings (SSSR count). The molecule has 2 aromatic carbocycles. The summed E-state index contributed by atoms with van der Waals surface area (Å²) in [6.45, 7) is 3.40. The maximum absolute atomic E-state index is 13.2. The molecule has 9 heteroatoms. The van der Waals surface area contributed by atoms with Crippen LogP contribution in [0.3, 0.4) is 0 Å². The first kappa shape index (κ1) is 22.0. The van der Waals surface area contributed by atoms with E-state index in [0.29, 0.717) is 42.6 Å². The van der Waals surface area contributed by atoms with Crippen LogP contribution < -0.4 is 0 Å². The lowest BCUT2D eigenvalue weighted by Gasteiger charge is -2.34. The normalized spacial score (nSPS) is 14.7. The van der Waals surface area contributed by atoms with Crippen LogP contribution in [0.4, 0.5) is 4.39 Å². The summed E-state index contributed by atoms with van der Waals surface area (Å²) in [7, 11) is -3.72. The van der Waals surface area contributed by atoms with Crippen molar-refractivity contribution in [2.24, 2.45) is 0 Å². The predicted octanol–water partition coefficient (Wildman–Crippen LogP) is 2.45. The average Bonchev–Trinajstić information content (AvgIpc) is 3.15. The van der Waals surface area contributed by atoms with Gasteiger partial charge in [0.05, 0.1) is 10.6 Å². The summed E-state index contributed by atoms with van der Waals surface area (Å²) in [6.07, 6.45) is 1.51. The Balaban J connectivity index is 1.58. The van der Waals surface area contributed by atoms with Crippen molar-refractivity contribution in [3.63, 3.8) is 0 Å². The molecule has 0 bridgehead atoms. The van der Waals surface area contributed by atoms with Gasteiger partial charge in [0.1, 0.15) is 12.4 Å². The lowest BCUT2D eigenvalue weighted by atomic mass is 10.2. The molecule has 0 radical (unpaired) electrons. The van der Waals surface area contributed by atoms with E-state index in [-0.39, 0.29) is 29.0 Å². The van der Waals surface area contributed by atoms with Crippen molar-refractivity contribution in [3.05, 3.63) is 66.1 Å². The van der Waals surface area contributed by atoms with E-state index in [4.69, 9.17) is 0 Å². The van der Waals surface area contributed by atoms with Gasteiger partial charge in [-0.3, -0.25) is 9.59 Å². The molecule has 0 saturated carbocycles. The van der Waals surface area contributed by atoms with Crippen molar-refractivity contribution >= 4 is 32.6 Å². The highest BCUT2D eigenvalue weighted by Crippen LogP contribution is 2.28. The number of nitrogens with zero attached hydrogens (tertiary/aromatic N) is 3. The smallest absolute Gasteiger partial charge is 0.242 e. The van der Waals surface area contributed by atoms with Crippen LogP contribution in [0.15, 0.2) is 59.6 Å². The van der Waals surface area contributed by atoms with E-state index in [2.05, 4.69) is 0 Å². The van der Waals surface area contributed by atoms with E-state index in [1.54, 1.807) is 38.6 Å². The molecule has 1 fully saturated rings. The Bertz CT molecular complexity index is 1260. The maximum Gasteiger partial charge on any atom is 0.242 e. The fraction of sp³-hybridized carbons (Fsp3) is 0.304. The first-order valence-corrected chi connectivity index (χ1v) is 12.0. The van der Waals surface area contributed by atoms with Crippen molar-refractivity contribution in [3.8, 4) is 0 Å². The highest BCUT2D eigenvalue weighted by Gasteiger charge is 2.25. The molecule has 0 atom stereocenters. The Kier molecular flexibility index (Phi) is 6.01. The second-order valence-corrected chi connectivity index (χ2v) is 9.87. The molecule has 3 aromatic rings. The van der Waals surface area contributed by atoms with Gasteiger partial charge < -0.3 is 14.4 Å². The molecule has 0 aliphatic carbocycles. The van der Waals surface area contributed by atoms with Crippen LogP contribution in [0.2, 0.25) is 0 Å². The summed E-state index contributed by atoms with van der Waals surface area (Å²) in [4.78, 5) is 27.9. The lowest BCUT2D eigenvalue weighted by Crippen LogP contribution is -2.50. The van der Waals surface area contributed by atoms with Crippen molar-refractivity contribution < 1.29 is 22.4 Å². The first-order valence-electron chi connectivity index (χ1n) is 10.3. The first-order chi connectivity index (χ1) is 15.2. The van der Waals surface area contributed by atoms with Crippen molar-refractivity contribution in [2.45, 2.75) is 24.1 Å². The van der Waals surface area contributed by atoms with E-state index in [1.165, 1.54) is 37.4 Å². The van der Waals surface area contributed by atoms with E-state index < -0.39 is 15.7 Å². The average molecular weight is 458 g/mol. The lowest BCUT2D eigenvalue weighted by molar-refractivity contribution is -0.138. The molecule has 0 unspecified atom stereocenters. The molecule has 32 heavy (non-hydrogen) atoms. The molecule has 2 amide bonds. The number of halogens is 1. The minimum atomic E-state index is -3.72. The van der Waals surface area contributed by atoms with Crippen LogP contribution >= 0.6 is 0 Å². The van der Waals surface area contributed by atoms with Gasteiger partial charge in [0.25, 0.3) is 0 Å². The summed E-state index contributed by atoms with van der Waals surface area (Å²) < 4.78 is 41.2. The summed E-state index contributed by atoms with van der Waals surface area (Å²) in [5, 5.41) is 0.545. The Morgan fingerprint density at radius 3 is 2.22 bits per heavy atom. The highest BCUT2D eigenvalue weighted by molar-refractivity contribution is 7.90. The number of hydrogen-bond acceptors (Lipinski definition) is 4. The molecule has 1 aliphatic heterocycles. The summed E-state index contributed by atoms with van der Waals surface area (Å²) in [5.41, 5.74) is 1.14. The van der Waals surface area contributed by atoms with Gasteiger partial charge in [-0.25, -0.2) is 12.8 Å². The van der Waals surface area contributed by atoms with Crippen LogP contribution in [0.25, 0.3) is 10.9 Å². The Labute approximate surface area is 186 Å². The van der Waals surface area contributed by atoms with Crippen LogP contribution in [-0.2, 0) is 31.7 Å². The number of aromatic nitrogens is 1. The van der Waals surface area contributed by atoms with Gasteiger partial charge in [-0.1, -0.05) is 30.3 Å². The van der Waals surface area contributed by atoms with Gasteiger partial charge in [-0.2, -0.15) is 0 Å². The van der Waals surface area contributed by atoms with Crippen molar-refractivity contribution in [1.82, 2.24) is 14.4 Å². The molecule has 168 valence electrons. The Morgan fingerprint density at radius 2 is 1.56 bits per heavy atom. The SMILES string of the molecule is CC(=O)N1CCN(C(=O)Cn2cc(S(=O)(=O)Cc3ccc(F)cc3)c3ccccc32)CC1. The number of fused-ring (bicyclic) bond motifs is 1. The Hall–Kier alpha value is -3.20. The van der Waals surface area contributed by atoms with Gasteiger partial charge >= 0.3 is 0 Å². The van der Waals surface area contributed by atoms with Gasteiger partial charge in [0.15, 0.2) is 9.84 Å². The number of piperazine rings is 1. The zero-order valence-electron chi connectivity index (χ0n) is 17.7. The largest absolute Gasteiger partial charge is 0.339 e. The number of carbonyl (C=O) groups is 2. The van der Waals surface area contributed by atoms with Gasteiger partial charge in [0.2, 0.25) is 11.8 Å². The van der Waals surface area contributed by atoms with E-state index in [9.17, 15) is 22.4 Å². The quantitative estimate of drug-likeness (QED) is 0.590. The number of rotatable bonds is 5. The van der Waals surface area contributed by atoms with E-state index in [1.807, 2.05) is 0 Å². The molecule has 1 saturated heterocycles.